The third kappa shape index (κ3) is 7.76. The van der Waals surface area contributed by atoms with E-state index in [0.717, 1.165) is 33.4 Å². The molecule has 1 heterocycles. The van der Waals surface area contributed by atoms with Gasteiger partial charge in [-0.15, -0.1) is 11.8 Å². The second kappa shape index (κ2) is 15.7. The number of hydrogen-bond donors (Lipinski definition) is 3. The molecule has 9 nitrogen and oxygen atoms in total. The van der Waals surface area contributed by atoms with E-state index in [0.29, 0.717) is 28.3 Å². The lowest BCUT2D eigenvalue weighted by atomic mass is 10.1. The molecule has 51 heavy (non-hydrogen) atoms. The molecule has 0 aliphatic rings. The molecule has 6 aromatic rings. The molecular weight excluding hydrogens is 661 g/mol. The topological polar surface area (TPSA) is 111 Å². The van der Waals surface area contributed by atoms with E-state index in [2.05, 4.69) is 45.6 Å². The van der Waals surface area contributed by atoms with Crippen LogP contribution in [0.5, 0.6) is 11.5 Å². The van der Waals surface area contributed by atoms with E-state index in [-0.39, 0.29) is 11.6 Å². The fraction of sp³-hybridized carbons (Fsp3) is 0.146. The number of thioether (sulfide) groups is 1. The summed E-state index contributed by atoms with van der Waals surface area (Å²) in [5.74, 6) is -0.184. The van der Waals surface area contributed by atoms with Crippen molar-refractivity contribution in [3.05, 3.63) is 132 Å². The van der Waals surface area contributed by atoms with Crippen LogP contribution in [-0.4, -0.2) is 41.8 Å². The SMILES string of the molecule is CCn1c2ccccc2c2cc(NC(=O)C(C)Sc3ccc(NC(=O)/C(=C/c4cccc(OC)c4OC)NC(=O)c4ccccc4)cc3)ccc21. The van der Waals surface area contributed by atoms with Crippen LogP contribution < -0.4 is 25.4 Å². The third-order valence-electron chi connectivity index (χ3n) is 8.41. The quantitative estimate of drug-likeness (QED) is 0.0876. The number of para-hydroxylation sites is 2. The van der Waals surface area contributed by atoms with Crippen molar-refractivity contribution in [1.82, 2.24) is 9.88 Å². The first-order chi connectivity index (χ1) is 24.8. The fourth-order valence-electron chi connectivity index (χ4n) is 5.91. The van der Waals surface area contributed by atoms with Gasteiger partial charge < -0.3 is 30.0 Å². The lowest BCUT2D eigenvalue weighted by Gasteiger charge is -2.15. The molecule has 258 valence electrons. The van der Waals surface area contributed by atoms with Crippen LogP contribution in [0.2, 0.25) is 0 Å². The summed E-state index contributed by atoms with van der Waals surface area (Å²) in [7, 11) is 3.03. The fourth-order valence-corrected chi connectivity index (χ4v) is 6.78. The molecule has 1 aromatic heterocycles. The van der Waals surface area contributed by atoms with Gasteiger partial charge in [0.25, 0.3) is 11.8 Å². The standard InChI is InChI=1S/C41H38N4O5S/c1-5-45-35-16-10-9-15-32(35)33-25-30(20-23-36(33)45)43-39(46)26(2)51-31-21-18-29(19-22-31)42-41(48)34(44-40(47)27-12-7-6-8-13-27)24-28-14-11-17-37(49-3)38(28)50-4/h6-26H,5H2,1-4H3,(H,42,48)(H,43,46)(H,44,47)/b34-24-. The van der Waals surface area contributed by atoms with Gasteiger partial charge in [0, 0.05) is 55.7 Å². The number of nitrogens with one attached hydrogen (secondary N) is 3. The van der Waals surface area contributed by atoms with Crippen LogP contribution in [0.4, 0.5) is 11.4 Å². The Morgan fingerprint density at radius 1 is 0.765 bits per heavy atom. The minimum Gasteiger partial charge on any atom is -0.493 e. The maximum Gasteiger partial charge on any atom is 0.272 e. The number of fused-ring (bicyclic) bond motifs is 3. The molecule has 0 saturated heterocycles. The monoisotopic (exact) mass is 698 g/mol. The molecule has 5 aromatic carbocycles. The van der Waals surface area contributed by atoms with E-state index in [4.69, 9.17) is 9.47 Å². The minimum atomic E-state index is -0.531. The van der Waals surface area contributed by atoms with Crippen molar-refractivity contribution < 1.29 is 23.9 Å². The van der Waals surface area contributed by atoms with Crippen molar-refractivity contribution >= 4 is 68.7 Å². The smallest absolute Gasteiger partial charge is 0.272 e. The van der Waals surface area contributed by atoms with Crippen molar-refractivity contribution in [3.8, 4) is 11.5 Å². The average Bonchev–Trinajstić information content (AvgIpc) is 3.48. The van der Waals surface area contributed by atoms with Crippen LogP contribution >= 0.6 is 11.8 Å². The van der Waals surface area contributed by atoms with Crippen molar-refractivity contribution in [1.29, 1.82) is 0 Å². The number of aromatic nitrogens is 1. The van der Waals surface area contributed by atoms with Crippen LogP contribution in [0.1, 0.15) is 29.8 Å². The Morgan fingerprint density at radius 3 is 2.20 bits per heavy atom. The molecule has 0 saturated carbocycles. The molecule has 6 rings (SSSR count). The molecule has 0 fully saturated rings. The number of aryl methyl sites for hydroxylation is 1. The zero-order valence-corrected chi connectivity index (χ0v) is 29.5. The molecule has 3 N–H and O–H groups in total. The number of amides is 3. The summed E-state index contributed by atoms with van der Waals surface area (Å²) in [6, 6.07) is 35.4. The highest BCUT2D eigenvalue weighted by molar-refractivity contribution is 8.00. The average molecular weight is 699 g/mol. The number of benzene rings is 5. The van der Waals surface area contributed by atoms with E-state index in [1.54, 1.807) is 60.7 Å². The van der Waals surface area contributed by atoms with Crippen molar-refractivity contribution in [2.75, 3.05) is 24.9 Å². The van der Waals surface area contributed by atoms with Crippen LogP contribution in [-0.2, 0) is 16.1 Å². The van der Waals surface area contributed by atoms with Crippen molar-refractivity contribution in [3.63, 3.8) is 0 Å². The number of nitrogens with zero attached hydrogens (tertiary/aromatic N) is 1. The highest BCUT2D eigenvalue weighted by Crippen LogP contribution is 2.33. The van der Waals surface area contributed by atoms with Gasteiger partial charge in [-0.1, -0.05) is 48.5 Å². The van der Waals surface area contributed by atoms with Gasteiger partial charge >= 0.3 is 0 Å². The first kappa shape index (κ1) is 34.8. The normalized spacial score (nSPS) is 12.0. The van der Waals surface area contributed by atoms with Gasteiger partial charge in [-0.2, -0.15) is 0 Å². The zero-order valence-electron chi connectivity index (χ0n) is 28.7. The van der Waals surface area contributed by atoms with Gasteiger partial charge in [0.2, 0.25) is 5.91 Å². The number of hydrogen-bond acceptors (Lipinski definition) is 6. The molecular formula is C41H38N4O5S. The summed E-state index contributed by atoms with van der Waals surface area (Å²) in [5.41, 5.74) is 4.51. The second-order valence-corrected chi connectivity index (χ2v) is 13.1. The number of anilines is 2. The molecule has 1 atom stereocenters. The highest BCUT2D eigenvalue weighted by atomic mass is 32.2. The van der Waals surface area contributed by atoms with Gasteiger partial charge in [-0.05, 0) is 86.7 Å². The van der Waals surface area contributed by atoms with Gasteiger partial charge in [-0.25, -0.2) is 0 Å². The first-order valence-electron chi connectivity index (χ1n) is 16.5. The number of rotatable bonds is 12. The zero-order chi connectivity index (χ0) is 35.9. The molecule has 0 radical (unpaired) electrons. The maximum atomic E-state index is 13.6. The summed E-state index contributed by atoms with van der Waals surface area (Å²) in [4.78, 5) is 40.8. The maximum absolute atomic E-state index is 13.6. The predicted octanol–water partition coefficient (Wildman–Crippen LogP) is 8.36. The summed E-state index contributed by atoms with van der Waals surface area (Å²) in [5, 5.41) is 10.6. The van der Waals surface area contributed by atoms with E-state index in [1.165, 1.54) is 31.5 Å². The van der Waals surface area contributed by atoms with E-state index < -0.39 is 17.1 Å². The molecule has 0 aliphatic carbocycles. The molecule has 0 aliphatic heterocycles. The first-order valence-corrected chi connectivity index (χ1v) is 17.4. The molecule has 1 unspecified atom stereocenters. The molecule has 10 heteroatoms. The predicted molar refractivity (Wildman–Crippen MR) is 206 cm³/mol. The summed E-state index contributed by atoms with van der Waals surface area (Å²) >= 11 is 1.41. The van der Waals surface area contributed by atoms with E-state index in [9.17, 15) is 14.4 Å². The van der Waals surface area contributed by atoms with Crippen LogP contribution in [0, 0.1) is 0 Å². The third-order valence-corrected chi connectivity index (χ3v) is 9.52. The summed E-state index contributed by atoms with van der Waals surface area (Å²) < 4.78 is 13.2. The number of ether oxygens (including phenoxy) is 2. The van der Waals surface area contributed by atoms with Gasteiger partial charge in [0.15, 0.2) is 11.5 Å². The number of methoxy groups -OCH3 is 2. The van der Waals surface area contributed by atoms with Crippen LogP contribution in [0.3, 0.4) is 0 Å². The van der Waals surface area contributed by atoms with E-state index >= 15 is 0 Å². The van der Waals surface area contributed by atoms with Gasteiger partial charge in [-0.3, -0.25) is 14.4 Å². The summed E-state index contributed by atoms with van der Waals surface area (Å²) in [6.07, 6.45) is 1.54. The lowest BCUT2D eigenvalue weighted by molar-refractivity contribution is -0.115. The van der Waals surface area contributed by atoms with Gasteiger partial charge in [0.05, 0.1) is 19.5 Å². The Balaban J connectivity index is 1.14. The number of carbonyl (C=O) groups is 3. The largest absolute Gasteiger partial charge is 0.493 e. The van der Waals surface area contributed by atoms with Crippen LogP contribution in [0.15, 0.2) is 126 Å². The molecule has 0 bridgehead atoms. The van der Waals surface area contributed by atoms with E-state index in [1.807, 2.05) is 49.4 Å². The Kier molecular flexibility index (Phi) is 10.7. The molecule has 3 amide bonds. The summed E-state index contributed by atoms with van der Waals surface area (Å²) in [6.45, 7) is 4.84. The highest BCUT2D eigenvalue weighted by Gasteiger charge is 2.19. The Hall–Kier alpha value is -6.00. The lowest BCUT2D eigenvalue weighted by Crippen LogP contribution is -2.30. The Morgan fingerprint density at radius 2 is 1.47 bits per heavy atom. The second-order valence-electron chi connectivity index (χ2n) is 11.7. The van der Waals surface area contributed by atoms with Crippen molar-refractivity contribution in [2.24, 2.45) is 0 Å². The van der Waals surface area contributed by atoms with Gasteiger partial charge in [0.1, 0.15) is 5.70 Å². The Labute approximate surface area is 300 Å². The Bertz CT molecular complexity index is 2250. The number of carbonyl (C=O) groups excluding carboxylic acids is 3. The molecule has 0 spiro atoms. The minimum absolute atomic E-state index is 0.0107. The van der Waals surface area contributed by atoms with Crippen molar-refractivity contribution in [2.45, 2.75) is 30.5 Å². The van der Waals surface area contributed by atoms with Crippen LogP contribution in [0.25, 0.3) is 27.9 Å².